The second-order valence-electron chi connectivity index (χ2n) is 10.2. The van der Waals surface area contributed by atoms with Gasteiger partial charge in [-0.3, -0.25) is 20.2 Å². The van der Waals surface area contributed by atoms with E-state index in [-0.39, 0.29) is 32.0 Å². The molecular formula is C28H33IN2O7S. The van der Waals surface area contributed by atoms with Crippen LogP contribution in [0.25, 0.3) is 0 Å². The maximum absolute atomic E-state index is 10.6. The van der Waals surface area contributed by atoms with Gasteiger partial charge in [0.05, 0.1) is 20.8 Å². The zero-order valence-corrected chi connectivity index (χ0v) is 25.8. The fourth-order valence-electron chi connectivity index (χ4n) is 3.39. The zero-order chi connectivity index (χ0) is 29.6. The average Bonchev–Trinajstić information content (AvgIpc) is 2.89. The molecule has 3 rings (SSSR count). The Bertz CT molecular complexity index is 1330. The van der Waals surface area contributed by atoms with Gasteiger partial charge in [0.1, 0.15) is 10.1 Å². The van der Waals surface area contributed by atoms with E-state index in [9.17, 15) is 33.2 Å². The molecule has 0 aromatic heterocycles. The Kier molecular flexibility index (Phi) is 10.7. The first-order valence-corrected chi connectivity index (χ1v) is 15.8. The van der Waals surface area contributed by atoms with Crippen molar-refractivity contribution in [1.82, 2.24) is 0 Å². The van der Waals surface area contributed by atoms with Crippen molar-refractivity contribution in [3.63, 3.8) is 0 Å². The quantitative estimate of drug-likeness (QED) is 0.147. The molecule has 39 heavy (non-hydrogen) atoms. The van der Waals surface area contributed by atoms with Crippen molar-refractivity contribution in [2.75, 3.05) is 0 Å². The van der Waals surface area contributed by atoms with Gasteiger partial charge in [0.25, 0.3) is 11.4 Å². The summed E-state index contributed by atoms with van der Waals surface area (Å²) in [5, 5.41) is 20.7. The third kappa shape index (κ3) is 9.07. The Balaban J connectivity index is 0.000000293. The number of halogens is 1. The maximum Gasteiger partial charge on any atom is 0.357 e. The molecule has 0 fully saturated rings. The highest BCUT2D eigenvalue weighted by Gasteiger charge is 2.23. The van der Waals surface area contributed by atoms with Crippen LogP contribution in [-0.4, -0.2) is 22.8 Å². The van der Waals surface area contributed by atoms with Crippen LogP contribution in [0.3, 0.4) is 0 Å². The fourth-order valence-corrected chi connectivity index (χ4v) is 6.07. The lowest BCUT2D eigenvalue weighted by Gasteiger charge is -2.23. The van der Waals surface area contributed by atoms with Crippen LogP contribution in [0.1, 0.15) is 65.5 Å². The van der Waals surface area contributed by atoms with Gasteiger partial charge in [0, 0.05) is 12.1 Å². The molecular weight excluding hydrogens is 635 g/mol. The molecule has 0 saturated heterocycles. The van der Waals surface area contributed by atoms with Gasteiger partial charge in [0.15, 0.2) is 7.14 Å². The Morgan fingerprint density at radius 2 is 1.03 bits per heavy atom. The first-order chi connectivity index (χ1) is 18.0. The Morgan fingerprint density at radius 1 is 0.692 bits per heavy atom. The minimum Gasteiger partial charge on any atom is -0.744 e. The van der Waals surface area contributed by atoms with E-state index < -0.39 is 36.2 Å². The first-order valence-electron chi connectivity index (χ1n) is 12.3. The summed E-state index contributed by atoms with van der Waals surface area (Å²) >= 11 is -0.0793. The minimum absolute atomic E-state index is 0.0793. The van der Waals surface area contributed by atoms with E-state index >= 15 is 0 Å². The van der Waals surface area contributed by atoms with Crippen LogP contribution in [0.5, 0.6) is 0 Å². The van der Waals surface area contributed by atoms with Crippen LogP contribution < -0.4 is 21.2 Å². The van der Waals surface area contributed by atoms with Crippen LogP contribution in [-0.2, 0) is 20.9 Å². The molecule has 3 aromatic rings. The van der Waals surface area contributed by atoms with Crippen LogP contribution >= 0.6 is 0 Å². The lowest BCUT2D eigenvalue weighted by molar-refractivity contribution is -0.597. The summed E-state index contributed by atoms with van der Waals surface area (Å²) in [7, 11) is -4.97. The standard InChI is InChI=1S/C22H30I.C6H4N2O7S/c1-7-21(3,4)17-9-13-19(14-10-17)23-20-15-11-18(12-16-20)22(5,6)8-2;9-7(10)4-1-5(8(11)12)3-6(2-4)16(13,14)15/h9-16H,7-8H2,1-6H3;1-3H,(H,13,14,15)/q+1;/p-1. The number of non-ortho nitro benzene ring substituents is 2. The summed E-state index contributed by atoms with van der Waals surface area (Å²) in [4.78, 5) is 17.6. The highest BCUT2D eigenvalue weighted by atomic mass is 127. The monoisotopic (exact) mass is 668 g/mol. The predicted octanol–water partition coefficient (Wildman–Crippen LogP) is 3.60. The lowest BCUT2D eigenvalue weighted by Crippen LogP contribution is -3.61. The van der Waals surface area contributed by atoms with Crippen LogP contribution in [0.2, 0.25) is 0 Å². The van der Waals surface area contributed by atoms with E-state index in [1.807, 2.05) is 0 Å². The smallest absolute Gasteiger partial charge is 0.357 e. The number of rotatable bonds is 9. The molecule has 0 bridgehead atoms. The van der Waals surface area contributed by atoms with Crippen molar-refractivity contribution >= 4 is 21.5 Å². The summed E-state index contributed by atoms with van der Waals surface area (Å²) in [6.07, 6.45) is 2.35. The molecule has 0 amide bonds. The van der Waals surface area contributed by atoms with Gasteiger partial charge in [-0.1, -0.05) is 65.8 Å². The highest BCUT2D eigenvalue weighted by Crippen LogP contribution is 2.27. The molecule has 210 valence electrons. The first kappa shape index (κ1) is 32.3. The Labute approximate surface area is 240 Å². The molecule has 0 aliphatic rings. The van der Waals surface area contributed by atoms with Gasteiger partial charge in [-0.05, 0) is 59.1 Å². The number of hydrogen-bond donors (Lipinski definition) is 0. The van der Waals surface area contributed by atoms with Crippen LogP contribution in [0, 0.1) is 27.4 Å². The van der Waals surface area contributed by atoms with E-state index in [4.69, 9.17) is 0 Å². The van der Waals surface area contributed by atoms with Crippen molar-refractivity contribution in [2.24, 2.45) is 0 Å². The molecule has 0 radical (unpaired) electrons. The molecule has 0 N–H and O–H groups in total. The van der Waals surface area contributed by atoms with E-state index in [2.05, 4.69) is 90.1 Å². The van der Waals surface area contributed by atoms with Crippen molar-refractivity contribution < 1.29 is 44.0 Å². The van der Waals surface area contributed by atoms with Gasteiger partial charge in [0.2, 0.25) is 0 Å². The number of hydrogen-bond acceptors (Lipinski definition) is 7. The molecule has 9 nitrogen and oxygen atoms in total. The maximum atomic E-state index is 10.6. The van der Waals surface area contributed by atoms with Crippen LogP contribution in [0.15, 0.2) is 71.6 Å². The zero-order valence-electron chi connectivity index (χ0n) is 22.8. The van der Waals surface area contributed by atoms with Crippen molar-refractivity contribution in [1.29, 1.82) is 0 Å². The summed E-state index contributed by atoms with van der Waals surface area (Å²) < 4.78 is 34.7. The van der Waals surface area contributed by atoms with Crippen molar-refractivity contribution in [3.8, 4) is 0 Å². The largest absolute Gasteiger partial charge is 0.744 e. The molecule has 11 heteroatoms. The molecule has 0 spiro atoms. The normalized spacial score (nSPS) is 11.9. The number of nitrogens with zero attached hydrogens (tertiary/aromatic N) is 2. The topological polar surface area (TPSA) is 143 Å². The van der Waals surface area contributed by atoms with Crippen LogP contribution in [0.4, 0.5) is 11.4 Å². The Morgan fingerprint density at radius 3 is 1.28 bits per heavy atom. The third-order valence-electron chi connectivity index (χ3n) is 6.82. The van der Waals surface area contributed by atoms with Gasteiger partial charge in [-0.15, -0.1) is 0 Å². The van der Waals surface area contributed by atoms with Gasteiger partial charge >= 0.3 is 21.2 Å². The van der Waals surface area contributed by atoms with E-state index in [0.29, 0.717) is 18.2 Å². The number of nitro benzene ring substituents is 2. The van der Waals surface area contributed by atoms with Gasteiger partial charge < -0.3 is 4.55 Å². The molecule has 0 heterocycles. The molecule has 0 aliphatic carbocycles. The fraction of sp³-hybridized carbons (Fsp3) is 0.357. The average molecular weight is 669 g/mol. The second-order valence-corrected chi connectivity index (χ2v) is 14.6. The van der Waals surface area contributed by atoms with E-state index in [0.717, 1.165) is 0 Å². The third-order valence-corrected chi connectivity index (χ3v) is 10.3. The molecule has 0 atom stereocenters. The summed E-state index contributed by atoms with van der Waals surface area (Å²) in [5.41, 5.74) is 1.81. The van der Waals surface area contributed by atoms with E-state index in [1.54, 1.807) is 0 Å². The van der Waals surface area contributed by atoms with E-state index in [1.165, 1.54) is 31.1 Å². The van der Waals surface area contributed by atoms with Crippen molar-refractivity contribution in [3.05, 3.63) is 105 Å². The second kappa shape index (κ2) is 13.0. The Hall–Kier alpha value is -2.90. The molecule has 0 saturated carbocycles. The minimum atomic E-state index is -4.97. The SMILES string of the molecule is CCC(C)(C)c1ccc([I+]c2ccc(C(C)(C)CC)cc2)cc1.O=[N+]([O-])c1cc([N+](=O)[O-])cc(S(=O)(=O)[O-])c1. The number of nitro groups is 2. The molecule has 3 aromatic carbocycles. The summed E-state index contributed by atoms with van der Waals surface area (Å²) in [6.45, 7) is 13.8. The predicted molar refractivity (Wildman–Crippen MR) is 145 cm³/mol. The lowest BCUT2D eigenvalue weighted by atomic mass is 9.82. The van der Waals surface area contributed by atoms with Gasteiger partial charge in [-0.25, -0.2) is 8.42 Å². The highest BCUT2D eigenvalue weighted by molar-refractivity contribution is 7.85. The van der Waals surface area contributed by atoms with Crippen molar-refractivity contribution in [2.45, 2.75) is 70.1 Å². The molecule has 0 unspecified atom stereocenters. The summed E-state index contributed by atoms with van der Waals surface area (Å²) in [5.74, 6) is 0. The number of benzene rings is 3. The van der Waals surface area contributed by atoms with Gasteiger partial charge in [-0.2, -0.15) is 0 Å². The molecule has 0 aliphatic heterocycles. The summed E-state index contributed by atoms with van der Waals surface area (Å²) in [6, 6.07) is 20.2.